The van der Waals surface area contributed by atoms with E-state index in [9.17, 15) is 4.79 Å². The molecule has 5 heteroatoms. The normalized spacial score (nSPS) is 38.0. The molecule has 1 aliphatic carbocycles. The van der Waals surface area contributed by atoms with Crippen molar-refractivity contribution in [2.45, 2.75) is 43.0 Å². The van der Waals surface area contributed by atoms with Crippen molar-refractivity contribution in [1.29, 1.82) is 0 Å². The lowest BCUT2D eigenvalue weighted by molar-refractivity contribution is -0.126. The van der Waals surface area contributed by atoms with Gasteiger partial charge in [0.1, 0.15) is 0 Å². The van der Waals surface area contributed by atoms with Gasteiger partial charge in [0.05, 0.1) is 19.1 Å². The van der Waals surface area contributed by atoms with E-state index in [1.165, 1.54) is 12.8 Å². The number of hydrogen-bond donors (Lipinski definition) is 2. The Labute approximate surface area is 107 Å². The molecule has 1 saturated carbocycles. The van der Waals surface area contributed by atoms with Crippen LogP contribution in [-0.4, -0.2) is 42.7 Å². The first-order chi connectivity index (χ1) is 8.20. The van der Waals surface area contributed by atoms with Gasteiger partial charge in [-0.25, -0.2) is 0 Å². The van der Waals surface area contributed by atoms with Crippen LogP contribution in [0.2, 0.25) is 0 Å². The average Bonchev–Trinajstić information content (AvgIpc) is 2.76. The zero-order chi connectivity index (χ0) is 12.3. The summed E-state index contributed by atoms with van der Waals surface area (Å²) in [4.78, 5) is 12.0. The SMILES string of the molecule is CSC1CCC(NC(=O)C2COCC2N)CC1. The molecule has 1 saturated heterocycles. The van der Waals surface area contributed by atoms with Gasteiger partial charge in [0.25, 0.3) is 0 Å². The van der Waals surface area contributed by atoms with Crippen LogP contribution in [0.4, 0.5) is 0 Å². The molecule has 1 amide bonds. The minimum Gasteiger partial charge on any atom is -0.379 e. The molecule has 2 aliphatic rings. The van der Waals surface area contributed by atoms with Crippen molar-refractivity contribution in [2.75, 3.05) is 19.5 Å². The van der Waals surface area contributed by atoms with E-state index in [-0.39, 0.29) is 17.9 Å². The zero-order valence-electron chi connectivity index (χ0n) is 10.4. The van der Waals surface area contributed by atoms with E-state index in [1.807, 2.05) is 11.8 Å². The average molecular weight is 258 g/mol. The molecule has 0 radical (unpaired) electrons. The second-order valence-electron chi connectivity index (χ2n) is 5.03. The number of hydrogen-bond acceptors (Lipinski definition) is 4. The fraction of sp³-hybridized carbons (Fsp3) is 0.917. The molecule has 2 fully saturated rings. The molecule has 0 spiro atoms. The lowest BCUT2D eigenvalue weighted by Crippen LogP contribution is -2.46. The van der Waals surface area contributed by atoms with Crippen LogP contribution < -0.4 is 11.1 Å². The van der Waals surface area contributed by atoms with Gasteiger partial charge in [-0.1, -0.05) is 0 Å². The van der Waals surface area contributed by atoms with Crippen LogP contribution in [0.1, 0.15) is 25.7 Å². The fourth-order valence-corrected chi connectivity index (χ4v) is 3.34. The van der Waals surface area contributed by atoms with Crippen LogP contribution in [0.3, 0.4) is 0 Å². The highest BCUT2D eigenvalue weighted by Gasteiger charge is 2.33. The van der Waals surface area contributed by atoms with Crippen molar-refractivity contribution < 1.29 is 9.53 Å². The molecule has 0 aromatic rings. The Morgan fingerprint density at radius 2 is 2.00 bits per heavy atom. The van der Waals surface area contributed by atoms with Crippen molar-refractivity contribution in [3.63, 3.8) is 0 Å². The molecular formula is C12H22N2O2S. The highest BCUT2D eigenvalue weighted by atomic mass is 32.2. The van der Waals surface area contributed by atoms with E-state index in [1.54, 1.807) is 0 Å². The van der Waals surface area contributed by atoms with Crippen LogP contribution in [0.5, 0.6) is 0 Å². The summed E-state index contributed by atoms with van der Waals surface area (Å²) in [7, 11) is 0. The van der Waals surface area contributed by atoms with Crippen LogP contribution in [-0.2, 0) is 9.53 Å². The first-order valence-electron chi connectivity index (χ1n) is 6.37. The molecule has 17 heavy (non-hydrogen) atoms. The predicted octanol–water partition coefficient (Wildman–Crippen LogP) is 0.750. The van der Waals surface area contributed by atoms with Gasteiger partial charge < -0.3 is 15.8 Å². The van der Waals surface area contributed by atoms with Gasteiger partial charge in [0, 0.05) is 17.3 Å². The third-order valence-electron chi connectivity index (χ3n) is 3.82. The summed E-state index contributed by atoms with van der Waals surface area (Å²) in [5.74, 6) is -0.0594. The molecule has 0 bridgehead atoms. The van der Waals surface area contributed by atoms with E-state index in [0.29, 0.717) is 19.3 Å². The predicted molar refractivity (Wildman–Crippen MR) is 70.0 cm³/mol. The maximum absolute atomic E-state index is 12.0. The largest absolute Gasteiger partial charge is 0.379 e. The molecule has 1 aliphatic heterocycles. The van der Waals surface area contributed by atoms with E-state index in [4.69, 9.17) is 10.5 Å². The Balaban J connectivity index is 1.76. The maximum Gasteiger partial charge on any atom is 0.227 e. The van der Waals surface area contributed by atoms with Crippen LogP contribution in [0.25, 0.3) is 0 Å². The Hall–Kier alpha value is -0.260. The number of carbonyl (C=O) groups excluding carboxylic acids is 1. The van der Waals surface area contributed by atoms with Crippen molar-refractivity contribution in [3.05, 3.63) is 0 Å². The third kappa shape index (κ3) is 3.36. The van der Waals surface area contributed by atoms with Gasteiger partial charge in [-0.15, -0.1) is 0 Å². The maximum atomic E-state index is 12.0. The summed E-state index contributed by atoms with van der Waals surface area (Å²) in [5, 5.41) is 3.91. The Morgan fingerprint density at radius 1 is 1.29 bits per heavy atom. The highest BCUT2D eigenvalue weighted by Crippen LogP contribution is 2.27. The zero-order valence-corrected chi connectivity index (χ0v) is 11.2. The van der Waals surface area contributed by atoms with Gasteiger partial charge in [-0.05, 0) is 31.9 Å². The third-order valence-corrected chi connectivity index (χ3v) is 4.95. The van der Waals surface area contributed by atoms with E-state index in [2.05, 4.69) is 11.6 Å². The first-order valence-corrected chi connectivity index (χ1v) is 7.66. The molecule has 1 heterocycles. The van der Waals surface area contributed by atoms with E-state index >= 15 is 0 Å². The van der Waals surface area contributed by atoms with E-state index in [0.717, 1.165) is 18.1 Å². The molecule has 98 valence electrons. The fourth-order valence-electron chi connectivity index (χ4n) is 2.59. The van der Waals surface area contributed by atoms with E-state index < -0.39 is 0 Å². The molecule has 2 rings (SSSR count). The topological polar surface area (TPSA) is 64.3 Å². The van der Waals surface area contributed by atoms with Crippen molar-refractivity contribution in [3.8, 4) is 0 Å². The molecule has 0 aromatic heterocycles. The summed E-state index contributed by atoms with van der Waals surface area (Å²) >= 11 is 1.94. The summed E-state index contributed by atoms with van der Waals surface area (Å²) in [6.07, 6.45) is 6.78. The number of thioether (sulfide) groups is 1. The summed E-state index contributed by atoms with van der Waals surface area (Å²) in [6, 6.07) is 0.219. The number of nitrogens with two attached hydrogens (primary N) is 1. The molecule has 4 nitrogen and oxygen atoms in total. The summed E-state index contributed by atoms with van der Waals surface area (Å²) in [5.41, 5.74) is 5.84. The molecule has 2 unspecified atom stereocenters. The monoisotopic (exact) mass is 258 g/mol. The minimum absolute atomic E-state index is 0.0857. The van der Waals surface area contributed by atoms with Crippen LogP contribution in [0, 0.1) is 5.92 Å². The molecule has 3 N–H and O–H groups in total. The number of ether oxygens (including phenoxy) is 1. The second-order valence-corrected chi connectivity index (χ2v) is 6.16. The number of nitrogens with one attached hydrogen (secondary N) is 1. The smallest absolute Gasteiger partial charge is 0.227 e. The van der Waals surface area contributed by atoms with Gasteiger partial charge in [-0.2, -0.15) is 11.8 Å². The Kier molecular flexibility index (Phi) is 4.70. The Bertz CT molecular complexity index is 267. The minimum atomic E-state index is -0.145. The second kappa shape index (κ2) is 6.07. The number of rotatable bonds is 3. The first kappa shape index (κ1) is 13.2. The summed E-state index contributed by atoms with van der Waals surface area (Å²) < 4.78 is 5.22. The lowest BCUT2D eigenvalue weighted by atomic mass is 9.94. The standard InChI is InChI=1S/C12H22N2O2S/c1-17-9-4-2-8(3-5-9)14-12(15)10-6-16-7-11(10)13/h8-11H,2-7,13H2,1H3,(H,14,15). The number of amides is 1. The number of carbonyl (C=O) groups is 1. The van der Waals surface area contributed by atoms with Gasteiger partial charge in [0.15, 0.2) is 0 Å². The summed E-state index contributed by atoms with van der Waals surface area (Å²) in [6.45, 7) is 0.991. The van der Waals surface area contributed by atoms with Crippen molar-refractivity contribution in [2.24, 2.45) is 11.7 Å². The Morgan fingerprint density at radius 3 is 2.53 bits per heavy atom. The molecule has 0 aromatic carbocycles. The van der Waals surface area contributed by atoms with Gasteiger partial charge >= 0.3 is 0 Å². The van der Waals surface area contributed by atoms with Crippen LogP contribution in [0.15, 0.2) is 0 Å². The van der Waals surface area contributed by atoms with Gasteiger partial charge in [-0.3, -0.25) is 4.79 Å². The van der Waals surface area contributed by atoms with Crippen molar-refractivity contribution in [1.82, 2.24) is 5.32 Å². The van der Waals surface area contributed by atoms with Crippen molar-refractivity contribution >= 4 is 17.7 Å². The van der Waals surface area contributed by atoms with Crippen LogP contribution >= 0.6 is 11.8 Å². The highest BCUT2D eigenvalue weighted by molar-refractivity contribution is 7.99. The quantitative estimate of drug-likeness (QED) is 0.784. The molecular weight excluding hydrogens is 236 g/mol. The van der Waals surface area contributed by atoms with Gasteiger partial charge in [0.2, 0.25) is 5.91 Å². The molecule has 2 atom stereocenters. The lowest BCUT2D eigenvalue weighted by Gasteiger charge is -2.29.